The summed E-state index contributed by atoms with van der Waals surface area (Å²) in [5, 5.41) is 11.6. The molecule has 1 atom stereocenters. The minimum absolute atomic E-state index is 0.150. The van der Waals surface area contributed by atoms with Crippen LogP contribution in [0.15, 0.2) is 46.9 Å². The van der Waals surface area contributed by atoms with Crippen molar-refractivity contribution in [2.75, 3.05) is 19.6 Å². The molecule has 2 aromatic carbocycles. The van der Waals surface area contributed by atoms with Gasteiger partial charge in [0.05, 0.1) is 23.3 Å². The minimum atomic E-state index is -0.618. The Morgan fingerprint density at radius 3 is 2.10 bits per heavy atom. The topological polar surface area (TPSA) is 80.0 Å². The maximum Gasteiger partial charge on any atom is 0.338 e. The summed E-state index contributed by atoms with van der Waals surface area (Å²) in [6.45, 7) is 12.6. The highest BCUT2D eigenvalue weighted by molar-refractivity contribution is 6.17. The average Bonchev–Trinajstić information content (AvgIpc) is 3.30. The number of aryl methyl sites for hydroxylation is 1. The monoisotopic (exact) mass is 535 g/mol. The zero-order chi connectivity index (χ0) is 28.4. The molecule has 0 fully saturated rings. The summed E-state index contributed by atoms with van der Waals surface area (Å²) in [5.74, 6) is 0.0625. The second-order valence-electron chi connectivity index (χ2n) is 10.6. The number of fused-ring (bicyclic) bond motifs is 1. The molecule has 1 aromatic heterocycles. The lowest BCUT2D eigenvalue weighted by atomic mass is 9.96. The number of unbranched alkanes of at least 4 members (excludes halogenated alkanes) is 3. The molecule has 0 aliphatic carbocycles. The fourth-order valence-electron chi connectivity index (χ4n) is 4.73. The molecule has 6 nitrogen and oxygen atoms in total. The Hall–Kier alpha value is -2.96. The number of carbonyl (C=O) groups excluding carboxylic acids is 2. The third-order valence-electron chi connectivity index (χ3n) is 6.97. The van der Waals surface area contributed by atoms with E-state index in [-0.39, 0.29) is 11.9 Å². The second kappa shape index (κ2) is 15.0. The SMILES string of the molecule is CCCCc1oc2ccc(C(=O)OC(C)C)cc2c1C(=O)c1ccc(C(O)CN(CCCC)CCCC)cc1. The van der Waals surface area contributed by atoms with E-state index in [1.54, 1.807) is 44.2 Å². The van der Waals surface area contributed by atoms with Gasteiger partial charge in [0.15, 0.2) is 5.78 Å². The number of rotatable bonds is 16. The van der Waals surface area contributed by atoms with Gasteiger partial charge in [-0.3, -0.25) is 4.79 Å². The normalized spacial score (nSPS) is 12.4. The van der Waals surface area contributed by atoms with E-state index in [0.717, 1.165) is 57.2 Å². The third kappa shape index (κ3) is 8.26. The summed E-state index contributed by atoms with van der Waals surface area (Å²) in [4.78, 5) is 28.7. The lowest BCUT2D eigenvalue weighted by Crippen LogP contribution is -2.30. The Morgan fingerprint density at radius 2 is 1.51 bits per heavy atom. The molecule has 3 rings (SSSR count). The van der Waals surface area contributed by atoms with Gasteiger partial charge < -0.3 is 19.2 Å². The molecule has 0 amide bonds. The fourth-order valence-corrected chi connectivity index (χ4v) is 4.73. The molecule has 3 aromatic rings. The first kappa shape index (κ1) is 30.6. The molecule has 0 saturated heterocycles. The van der Waals surface area contributed by atoms with Gasteiger partial charge in [0.2, 0.25) is 0 Å². The number of carbonyl (C=O) groups is 2. The van der Waals surface area contributed by atoms with E-state index in [1.807, 2.05) is 12.1 Å². The van der Waals surface area contributed by atoms with Crippen LogP contribution in [0, 0.1) is 0 Å². The first-order valence-corrected chi connectivity index (χ1v) is 14.6. The molecule has 6 heteroatoms. The Kier molecular flexibility index (Phi) is 11.8. The van der Waals surface area contributed by atoms with Crippen LogP contribution in [0.4, 0.5) is 0 Å². The van der Waals surface area contributed by atoms with E-state index < -0.39 is 12.1 Å². The number of aliphatic hydroxyl groups is 1. The van der Waals surface area contributed by atoms with Crippen molar-refractivity contribution in [3.05, 3.63) is 70.5 Å². The van der Waals surface area contributed by atoms with Gasteiger partial charge in [0, 0.05) is 23.9 Å². The van der Waals surface area contributed by atoms with Crippen LogP contribution in [-0.2, 0) is 11.2 Å². The Labute approximate surface area is 233 Å². The molecule has 0 saturated carbocycles. The lowest BCUT2D eigenvalue weighted by molar-refractivity contribution is 0.0378. The summed E-state index contributed by atoms with van der Waals surface area (Å²) in [6.07, 6.45) is 6.11. The molecule has 212 valence electrons. The summed E-state index contributed by atoms with van der Waals surface area (Å²) in [7, 11) is 0. The van der Waals surface area contributed by atoms with Gasteiger partial charge in [0.1, 0.15) is 11.3 Å². The van der Waals surface area contributed by atoms with Crippen molar-refractivity contribution in [2.45, 2.75) is 91.8 Å². The highest BCUT2D eigenvalue weighted by Gasteiger charge is 2.24. The van der Waals surface area contributed by atoms with Crippen molar-refractivity contribution in [2.24, 2.45) is 0 Å². The molecular formula is C33H45NO5. The molecule has 1 N–H and O–H groups in total. The minimum Gasteiger partial charge on any atom is -0.460 e. The third-order valence-corrected chi connectivity index (χ3v) is 6.97. The average molecular weight is 536 g/mol. The van der Waals surface area contributed by atoms with Gasteiger partial charge in [0.25, 0.3) is 0 Å². The summed E-state index contributed by atoms with van der Waals surface area (Å²) < 4.78 is 11.5. The number of benzene rings is 2. The zero-order valence-electron chi connectivity index (χ0n) is 24.3. The summed E-state index contributed by atoms with van der Waals surface area (Å²) >= 11 is 0. The highest BCUT2D eigenvalue weighted by Crippen LogP contribution is 2.31. The Bertz CT molecular complexity index is 1200. The van der Waals surface area contributed by atoms with Crippen molar-refractivity contribution >= 4 is 22.7 Å². The van der Waals surface area contributed by atoms with E-state index in [9.17, 15) is 14.7 Å². The van der Waals surface area contributed by atoms with E-state index in [0.29, 0.717) is 46.4 Å². The second-order valence-corrected chi connectivity index (χ2v) is 10.6. The predicted molar refractivity (Wildman–Crippen MR) is 156 cm³/mol. The molecule has 1 unspecified atom stereocenters. The van der Waals surface area contributed by atoms with Gasteiger partial charge >= 0.3 is 5.97 Å². The van der Waals surface area contributed by atoms with E-state index in [1.165, 1.54) is 0 Å². The van der Waals surface area contributed by atoms with Crippen LogP contribution in [0.1, 0.15) is 117 Å². The first-order chi connectivity index (χ1) is 18.8. The lowest BCUT2D eigenvalue weighted by Gasteiger charge is -2.25. The van der Waals surface area contributed by atoms with Gasteiger partial charge in [-0.2, -0.15) is 0 Å². The molecular weight excluding hydrogens is 490 g/mol. The largest absolute Gasteiger partial charge is 0.460 e. The number of furan rings is 1. The van der Waals surface area contributed by atoms with E-state index in [4.69, 9.17) is 9.15 Å². The fraction of sp³-hybridized carbons (Fsp3) is 0.515. The van der Waals surface area contributed by atoms with Gasteiger partial charge in [-0.1, -0.05) is 64.3 Å². The Morgan fingerprint density at radius 1 is 0.897 bits per heavy atom. The van der Waals surface area contributed by atoms with Crippen molar-refractivity contribution < 1.29 is 23.8 Å². The van der Waals surface area contributed by atoms with Gasteiger partial charge in [-0.05, 0) is 70.0 Å². The number of hydrogen-bond donors (Lipinski definition) is 1. The summed E-state index contributed by atoms with van der Waals surface area (Å²) in [6, 6.07) is 12.4. The van der Waals surface area contributed by atoms with Gasteiger partial charge in [-0.15, -0.1) is 0 Å². The summed E-state index contributed by atoms with van der Waals surface area (Å²) in [5.41, 5.74) is 2.79. The predicted octanol–water partition coefficient (Wildman–Crippen LogP) is 7.51. The standard InChI is InChI=1S/C33H45NO5/c1-6-9-12-30-31(27-21-26(17-18-29(27)39-30)33(37)38-23(4)5)32(36)25-15-13-24(14-16-25)28(35)22-34(19-10-7-2)20-11-8-3/h13-18,21,23,28,35H,6-12,19-20,22H2,1-5H3. The molecule has 0 aliphatic rings. The number of nitrogens with zero attached hydrogens (tertiary/aromatic N) is 1. The molecule has 0 spiro atoms. The van der Waals surface area contributed by atoms with Crippen molar-refractivity contribution in [3.63, 3.8) is 0 Å². The number of hydrogen-bond acceptors (Lipinski definition) is 6. The first-order valence-electron chi connectivity index (χ1n) is 14.6. The Balaban J connectivity index is 1.88. The van der Waals surface area contributed by atoms with Crippen LogP contribution in [0.2, 0.25) is 0 Å². The molecule has 0 aliphatic heterocycles. The maximum absolute atomic E-state index is 13.8. The molecule has 39 heavy (non-hydrogen) atoms. The highest BCUT2D eigenvalue weighted by atomic mass is 16.5. The number of ether oxygens (including phenoxy) is 1. The maximum atomic E-state index is 13.8. The number of aliphatic hydroxyl groups excluding tert-OH is 1. The van der Waals surface area contributed by atoms with Crippen LogP contribution in [0.3, 0.4) is 0 Å². The quantitative estimate of drug-likeness (QED) is 0.151. The number of ketones is 1. The van der Waals surface area contributed by atoms with Crippen LogP contribution >= 0.6 is 0 Å². The van der Waals surface area contributed by atoms with E-state index >= 15 is 0 Å². The van der Waals surface area contributed by atoms with Crippen molar-refractivity contribution in [1.82, 2.24) is 4.90 Å². The van der Waals surface area contributed by atoms with Crippen LogP contribution in [0.5, 0.6) is 0 Å². The van der Waals surface area contributed by atoms with E-state index in [2.05, 4.69) is 25.7 Å². The van der Waals surface area contributed by atoms with Crippen LogP contribution in [-0.4, -0.2) is 47.5 Å². The van der Waals surface area contributed by atoms with Gasteiger partial charge in [-0.25, -0.2) is 4.79 Å². The number of esters is 1. The van der Waals surface area contributed by atoms with Crippen molar-refractivity contribution in [1.29, 1.82) is 0 Å². The molecule has 0 radical (unpaired) electrons. The van der Waals surface area contributed by atoms with Crippen LogP contribution < -0.4 is 0 Å². The van der Waals surface area contributed by atoms with Crippen LogP contribution in [0.25, 0.3) is 11.0 Å². The molecule has 0 bridgehead atoms. The molecule has 1 heterocycles. The van der Waals surface area contributed by atoms with Crippen molar-refractivity contribution in [3.8, 4) is 0 Å². The zero-order valence-corrected chi connectivity index (χ0v) is 24.3. The smallest absolute Gasteiger partial charge is 0.338 e.